The number of nitro benzene ring substituents is 1. The highest BCUT2D eigenvalue weighted by Gasteiger charge is 2.15. The Bertz CT molecular complexity index is 1220. The Morgan fingerprint density at radius 2 is 1.88 bits per heavy atom. The van der Waals surface area contributed by atoms with Crippen molar-refractivity contribution in [2.45, 2.75) is 13.0 Å². The molecule has 0 aliphatic rings. The van der Waals surface area contributed by atoms with E-state index in [1.165, 1.54) is 18.3 Å². The number of halogens is 1. The van der Waals surface area contributed by atoms with Crippen molar-refractivity contribution >= 4 is 33.7 Å². The Morgan fingerprint density at radius 1 is 1.16 bits per heavy atom. The van der Waals surface area contributed by atoms with E-state index in [4.69, 9.17) is 4.74 Å². The van der Waals surface area contributed by atoms with Gasteiger partial charge in [-0.2, -0.15) is 10.4 Å². The number of nitriles is 1. The van der Waals surface area contributed by atoms with Gasteiger partial charge in [-0.05, 0) is 24.3 Å². The minimum Gasteiger partial charge on any atom is -0.488 e. The zero-order valence-corrected chi connectivity index (χ0v) is 18.3. The number of nitrogens with zero attached hydrogens (tertiary/aromatic N) is 3. The monoisotopic (exact) mass is 492 g/mol. The number of hydrogen-bond donors (Lipinski definition) is 1. The fourth-order valence-corrected chi connectivity index (χ4v) is 3.27. The summed E-state index contributed by atoms with van der Waals surface area (Å²) in [4.78, 5) is 22.7. The van der Waals surface area contributed by atoms with Gasteiger partial charge in [-0.1, -0.05) is 52.3 Å². The van der Waals surface area contributed by atoms with E-state index >= 15 is 0 Å². The van der Waals surface area contributed by atoms with Crippen molar-refractivity contribution in [3.8, 4) is 11.8 Å². The van der Waals surface area contributed by atoms with Gasteiger partial charge in [-0.25, -0.2) is 5.43 Å². The molecule has 0 aromatic heterocycles. The van der Waals surface area contributed by atoms with E-state index in [0.29, 0.717) is 22.4 Å². The molecule has 1 N–H and O–H groups in total. The highest BCUT2D eigenvalue weighted by atomic mass is 79.9. The molecule has 0 atom stereocenters. The Hall–Kier alpha value is -4.03. The quantitative estimate of drug-likeness (QED) is 0.282. The van der Waals surface area contributed by atoms with E-state index in [0.717, 1.165) is 10.0 Å². The van der Waals surface area contributed by atoms with Gasteiger partial charge in [0.25, 0.3) is 5.69 Å². The molecule has 3 rings (SSSR count). The second-order valence-electron chi connectivity index (χ2n) is 6.60. The molecular weight excluding hydrogens is 476 g/mol. The van der Waals surface area contributed by atoms with Crippen LogP contribution in [0.3, 0.4) is 0 Å². The Labute approximate surface area is 192 Å². The molecule has 1 amide bonds. The second-order valence-corrected chi connectivity index (χ2v) is 7.51. The van der Waals surface area contributed by atoms with Crippen LogP contribution in [0.1, 0.15) is 22.3 Å². The Morgan fingerprint density at radius 3 is 2.62 bits per heavy atom. The number of carbonyl (C=O) groups is 1. The number of hydrogen-bond acceptors (Lipinski definition) is 6. The number of hydrazone groups is 1. The van der Waals surface area contributed by atoms with Crippen molar-refractivity contribution in [3.05, 3.63) is 104 Å². The molecule has 0 heterocycles. The number of carbonyl (C=O) groups excluding carboxylic acids is 1. The molecule has 0 aliphatic heterocycles. The molecule has 0 radical (unpaired) electrons. The first-order chi connectivity index (χ1) is 15.5. The van der Waals surface area contributed by atoms with Crippen LogP contribution < -0.4 is 10.2 Å². The summed E-state index contributed by atoms with van der Waals surface area (Å²) in [7, 11) is 0. The topological polar surface area (TPSA) is 118 Å². The summed E-state index contributed by atoms with van der Waals surface area (Å²) in [6.45, 7) is 0.191. The Balaban J connectivity index is 1.68. The molecule has 9 heteroatoms. The van der Waals surface area contributed by atoms with Crippen molar-refractivity contribution in [3.63, 3.8) is 0 Å². The van der Waals surface area contributed by atoms with E-state index in [2.05, 4.69) is 32.5 Å². The van der Waals surface area contributed by atoms with Crippen LogP contribution in [0.15, 0.2) is 76.3 Å². The van der Waals surface area contributed by atoms with Crippen molar-refractivity contribution in [2.24, 2.45) is 5.10 Å². The van der Waals surface area contributed by atoms with Crippen molar-refractivity contribution in [2.75, 3.05) is 0 Å². The van der Waals surface area contributed by atoms with Crippen molar-refractivity contribution in [1.82, 2.24) is 5.43 Å². The lowest BCUT2D eigenvalue weighted by molar-refractivity contribution is -0.385. The number of ether oxygens (including phenoxy) is 1. The summed E-state index contributed by atoms with van der Waals surface area (Å²) in [5.74, 6) is 0.0219. The minimum absolute atomic E-state index is 0.119. The van der Waals surface area contributed by atoms with Gasteiger partial charge in [-0.3, -0.25) is 14.9 Å². The third-order valence-electron chi connectivity index (χ3n) is 4.43. The molecule has 3 aromatic rings. The summed E-state index contributed by atoms with van der Waals surface area (Å²) < 4.78 is 6.65. The van der Waals surface area contributed by atoms with Gasteiger partial charge >= 0.3 is 0 Å². The fourth-order valence-electron chi connectivity index (χ4n) is 2.89. The van der Waals surface area contributed by atoms with Gasteiger partial charge in [-0.15, -0.1) is 0 Å². The number of benzene rings is 3. The third-order valence-corrected chi connectivity index (χ3v) is 4.92. The van der Waals surface area contributed by atoms with Crippen LogP contribution in [-0.2, 0) is 17.8 Å². The van der Waals surface area contributed by atoms with Crippen LogP contribution in [0.4, 0.5) is 5.69 Å². The zero-order chi connectivity index (χ0) is 22.9. The molecule has 0 saturated carbocycles. The van der Waals surface area contributed by atoms with E-state index in [9.17, 15) is 20.2 Å². The summed E-state index contributed by atoms with van der Waals surface area (Å²) >= 11 is 3.39. The average Bonchev–Trinajstić information content (AvgIpc) is 2.79. The first-order valence-electron chi connectivity index (χ1n) is 9.42. The molecule has 160 valence electrons. The maximum Gasteiger partial charge on any atom is 0.273 e. The SMILES string of the molecule is N#Cc1ccccc1COc1ccc(Br)cc1/C=N/NC(=O)Cc1ccccc1[N+](=O)[O-]. The number of nitro groups is 1. The number of rotatable bonds is 8. The van der Waals surface area contributed by atoms with Crippen LogP contribution in [0.2, 0.25) is 0 Å². The normalized spacial score (nSPS) is 10.5. The van der Waals surface area contributed by atoms with Crippen LogP contribution in [-0.4, -0.2) is 17.0 Å². The first-order valence-corrected chi connectivity index (χ1v) is 10.2. The predicted octanol–water partition coefficient (Wildman–Crippen LogP) is 4.50. The zero-order valence-electron chi connectivity index (χ0n) is 16.7. The average molecular weight is 493 g/mol. The first kappa shape index (κ1) is 22.7. The van der Waals surface area contributed by atoms with Crippen LogP contribution in [0.25, 0.3) is 0 Å². The summed E-state index contributed by atoms with van der Waals surface area (Å²) in [6.07, 6.45) is 1.24. The smallest absolute Gasteiger partial charge is 0.273 e. The summed E-state index contributed by atoms with van der Waals surface area (Å²) in [6, 6.07) is 20.6. The molecule has 0 fully saturated rings. The van der Waals surface area contributed by atoms with Crippen molar-refractivity contribution < 1.29 is 14.5 Å². The van der Waals surface area contributed by atoms with E-state index in [1.54, 1.807) is 42.5 Å². The van der Waals surface area contributed by atoms with Crippen LogP contribution in [0.5, 0.6) is 5.75 Å². The molecule has 8 nitrogen and oxygen atoms in total. The molecule has 0 aliphatic carbocycles. The number of amides is 1. The van der Waals surface area contributed by atoms with E-state index in [1.807, 2.05) is 12.1 Å². The van der Waals surface area contributed by atoms with Crippen molar-refractivity contribution in [1.29, 1.82) is 5.26 Å². The standard InChI is InChI=1S/C23H17BrN4O4/c24-20-9-10-22(32-15-18-7-2-1-6-17(18)13-25)19(11-20)14-26-27-23(29)12-16-5-3-4-8-21(16)28(30)31/h1-11,14H,12,15H2,(H,27,29)/b26-14+. The van der Waals surface area contributed by atoms with Gasteiger partial charge in [0.2, 0.25) is 5.91 Å². The second kappa shape index (κ2) is 10.8. The molecule has 0 unspecified atom stereocenters. The number of para-hydroxylation sites is 1. The number of nitrogens with one attached hydrogen (secondary N) is 1. The predicted molar refractivity (Wildman–Crippen MR) is 122 cm³/mol. The summed E-state index contributed by atoms with van der Waals surface area (Å²) in [5, 5.41) is 24.3. The molecular formula is C23H17BrN4O4. The van der Waals surface area contributed by atoms with Gasteiger partial charge in [0.05, 0.1) is 29.2 Å². The fraction of sp³-hybridized carbons (Fsp3) is 0.0870. The molecule has 0 saturated heterocycles. The lowest BCUT2D eigenvalue weighted by Gasteiger charge is -2.10. The highest BCUT2D eigenvalue weighted by Crippen LogP contribution is 2.23. The maximum absolute atomic E-state index is 12.2. The summed E-state index contributed by atoms with van der Waals surface area (Å²) in [5.41, 5.74) is 4.43. The molecule has 0 bridgehead atoms. The van der Waals surface area contributed by atoms with Crippen LogP contribution >= 0.6 is 15.9 Å². The van der Waals surface area contributed by atoms with Gasteiger partial charge in [0, 0.05) is 27.2 Å². The Kier molecular flexibility index (Phi) is 7.67. The molecule has 32 heavy (non-hydrogen) atoms. The molecule has 0 spiro atoms. The van der Waals surface area contributed by atoms with Gasteiger partial charge < -0.3 is 4.74 Å². The van der Waals surface area contributed by atoms with Crippen LogP contribution in [0, 0.1) is 21.4 Å². The van der Waals surface area contributed by atoms with E-state index in [-0.39, 0.29) is 18.7 Å². The van der Waals surface area contributed by atoms with Gasteiger partial charge in [0.1, 0.15) is 12.4 Å². The highest BCUT2D eigenvalue weighted by molar-refractivity contribution is 9.10. The van der Waals surface area contributed by atoms with Gasteiger partial charge in [0.15, 0.2) is 0 Å². The lowest BCUT2D eigenvalue weighted by atomic mass is 10.1. The third kappa shape index (κ3) is 6.00. The molecule has 3 aromatic carbocycles. The lowest BCUT2D eigenvalue weighted by Crippen LogP contribution is -2.20. The maximum atomic E-state index is 12.2. The largest absolute Gasteiger partial charge is 0.488 e. The minimum atomic E-state index is -0.526. The van der Waals surface area contributed by atoms with E-state index < -0.39 is 10.8 Å².